The smallest absolute Gasteiger partial charge is 0.479 e. The van der Waals surface area contributed by atoms with Crippen LogP contribution in [0.25, 0.3) is 0 Å². The Morgan fingerprint density at radius 2 is 1.16 bits per heavy atom. The zero-order chi connectivity index (χ0) is 14.4. The van der Waals surface area contributed by atoms with Gasteiger partial charge in [-0.2, -0.15) is 0 Å². The molecule has 0 heterocycles. The molecule has 3 nitrogen and oxygen atoms in total. The third-order valence-electron chi connectivity index (χ3n) is 0.970. The first-order chi connectivity index (χ1) is 8.47. The molecule has 0 saturated heterocycles. The maximum absolute atomic E-state index is 5.03. The summed E-state index contributed by atoms with van der Waals surface area (Å²) < 4.78 is 16.0. The first-order valence-electron chi connectivity index (χ1n) is 5.01. The van der Waals surface area contributed by atoms with E-state index in [0.717, 1.165) is 0 Å². The maximum atomic E-state index is 5.03. The van der Waals surface area contributed by atoms with Crippen LogP contribution >= 0.6 is 70.9 Å². The molecule has 1 radical (unpaired) electrons. The Morgan fingerprint density at radius 1 is 0.842 bits per heavy atom. The molecule has 0 spiro atoms. The van der Waals surface area contributed by atoms with Gasteiger partial charge in [0.1, 0.15) is 0 Å². The van der Waals surface area contributed by atoms with E-state index in [4.69, 9.17) is 33.9 Å². The second-order valence-corrected chi connectivity index (χ2v) is 6.64. The zero-order valence-corrected chi connectivity index (χ0v) is 16.6. The van der Waals surface area contributed by atoms with Crippen molar-refractivity contribution in [1.82, 2.24) is 0 Å². The van der Waals surface area contributed by atoms with Crippen LogP contribution in [0.1, 0.15) is 20.8 Å². The van der Waals surface area contributed by atoms with E-state index in [2.05, 4.69) is 29.6 Å². The summed E-state index contributed by atoms with van der Waals surface area (Å²) >= 11 is 17.8. The first kappa shape index (κ1) is 25.2. The molecule has 10 heteroatoms. The van der Waals surface area contributed by atoms with Gasteiger partial charge in [0.15, 0.2) is 0 Å². The average molecular weight is 428 g/mol. The summed E-state index contributed by atoms with van der Waals surface area (Å²) in [6, 6.07) is 0. The largest absolute Gasteiger partial charge is 2.00 e. The Labute approximate surface area is 154 Å². The van der Waals surface area contributed by atoms with Gasteiger partial charge in [0.05, 0.1) is 19.8 Å². The van der Waals surface area contributed by atoms with Crippen molar-refractivity contribution in [1.29, 1.82) is 0 Å². The van der Waals surface area contributed by atoms with Gasteiger partial charge in [-0.05, 0) is 57.4 Å². The van der Waals surface area contributed by atoms with Crippen LogP contribution in [0.15, 0.2) is 0 Å². The Balaban J connectivity index is -0.000000313. The molecule has 0 saturated carbocycles. The van der Waals surface area contributed by atoms with Crippen LogP contribution < -0.4 is 0 Å². The molecule has 0 aromatic heterocycles. The van der Waals surface area contributed by atoms with Gasteiger partial charge in [-0.15, -0.1) is 0 Å². The van der Waals surface area contributed by atoms with Crippen LogP contribution in [0.3, 0.4) is 0 Å². The van der Waals surface area contributed by atoms with Crippen LogP contribution in [0.2, 0.25) is 0 Å². The third-order valence-corrected chi connectivity index (χ3v) is 4.34. The normalized spacial score (nSPS) is 8.21. The molecule has 0 aromatic rings. The molecule has 0 fully saturated rings. The van der Waals surface area contributed by atoms with E-state index in [9.17, 15) is 0 Å². The summed E-state index contributed by atoms with van der Waals surface area (Å²) in [6.07, 6.45) is 0. The van der Waals surface area contributed by atoms with Crippen molar-refractivity contribution in [2.75, 3.05) is 19.8 Å². The van der Waals surface area contributed by atoms with Crippen molar-refractivity contribution >= 4 is 84.0 Å². The minimum absolute atomic E-state index is 0. The third kappa shape index (κ3) is 24.6. The van der Waals surface area contributed by atoms with Crippen LogP contribution in [0, 0.1) is 0 Å². The van der Waals surface area contributed by atoms with E-state index in [1.807, 2.05) is 20.8 Å². The summed E-state index contributed by atoms with van der Waals surface area (Å²) in [7, 11) is 2.62. The molecule has 0 atom stereocenters. The fraction of sp³-hybridized carbons (Fsp3) is 0.667. The number of thiol groups is 1. The van der Waals surface area contributed by atoms with Crippen LogP contribution in [0.5, 0.6) is 0 Å². The van der Waals surface area contributed by atoms with E-state index in [0.29, 0.717) is 33.0 Å². The Bertz CT molecular complexity index is 246. The molecule has 0 unspecified atom stereocenters. The molecular formula is C9H16CuO3S6+2. The molecule has 0 aromatic carbocycles. The summed E-state index contributed by atoms with van der Waals surface area (Å²) in [4.78, 5) is 0. The minimum atomic E-state index is 0. The number of thiocarbonyl (C=S) groups is 3. The van der Waals surface area contributed by atoms with Gasteiger partial charge in [0.25, 0.3) is 0 Å². The summed E-state index contributed by atoms with van der Waals surface area (Å²) in [5, 5.41) is 0. The van der Waals surface area contributed by atoms with E-state index in [1.165, 1.54) is 21.6 Å². The van der Waals surface area contributed by atoms with Crippen molar-refractivity contribution in [2.24, 2.45) is 0 Å². The second-order valence-electron chi connectivity index (χ2n) is 2.23. The quantitative estimate of drug-likeness (QED) is 0.309. The van der Waals surface area contributed by atoms with E-state index < -0.39 is 0 Å². The minimum Gasteiger partial charge on any atom is -0.479 e. The first-order valence-corrected chi connectivity index (χ1v) is 8.83. The fourth-order valence-corrected chi connectivity index (χ4v) is 2.74. The molecule has 0 N–H and O–H groups in total. The van der Waals surface area contributed by atoms with Crippen molar-refractivity contribution < 1.29 is 31.3 Å². The number of hydrogen-bond donors (Lipinski definition) is 1. The van der Waals surface area contributed by atoms with E-state index >= 15 is 0 Å². The van der Waals surface area contributed by atoms with Gasteiger partial charge in [0, 0.05) is 21.6 Å². The van der Waals surface area contributed by atoms with Gasteiger partial charge in [-0.1, -0.05) is 12.6 Å². The van der Waals surface area contributed by atoms with Gasteiger partial charge in [-0.3, -0.25) is 0 Å². The van der Waals surface area contributed by atoms with Gasteiger partial charge in [0.2, 0.25) is 13.1 Å². The van der Waals surface area contributed by atoms with Crippen molar-refractivity contribution in [3.8, 4) is 0 Å². The Hall–Kier alpha value is 1.24. The molecule has 0 aliphatic heterocycles. The standard InChI is InChI=1S/C6H10O2S4.C3H6OS2.Cu/c1-3-7-5(9)11-12-6(10)8-4-2;1-2-4-3(5)6;/h3-4H2,1-2H3;2H2,1H3,(H,5,6);/q;;+2. The molecule has 0 aliphatic rings. The molecule has 0 rings (SSSR count). The number of hydrogen-bond acceptors (Lipinski definition) is 8. The fourth-order valence-electron chi connectivity index (χ4n) is 0.475. The Morgan fingerprint density at radius 3 is 1.32 bits per heavy atom. The van der Waals surface area contributed by atoms with Crippen LogP contribution in [-0.2, 0) is 31.3 Å². The topological polar surface area (TPSA) is 27.7 Å². The maximum Gasteiger partial charge on any atom is 2.00 e. The summed E-state index contributed by atoms with van der Waals surface area (Å²) in [5.74, 6) is 0. The van der Waals surface area contributed by atoms with Gasteiger partial charge < -0.3 is 14.2 Å². The molecule has 0 amide bonds. The monoisotopic (exact) mass is 427 g/mol. The second kappa shape index (κ2) is 19.2. The van der Waals surface area contributed by atoms with Crippen molar-refractivity contribution in [2.45, 2.75) is 20.8 Å². The zero-order valence-electron chi connectivity index (χ0n) is 10.6. The predicted octanol–water partition coefficient (Wildman–Crippen LogP) is 4.25. The average Bonchev–Trinajstić information content (AvgIpc) is 2.28. The molecular weight excluding hydrogens is 412 g/mol. The predicted molar refractivity (Wildman–Crippen MR) is 96.8 cm³/mol. The van der Waals surface area contributed by atoms with Crippen molar-refractivity contribution in [3.05, 3.63) is 0 Å². The summed E-state index contributed by atoms with van der Waals surface area (Å²) in [5.41, 5.74) is 0. The molecule has 19 heavy (non-hydrogen) atoms. The molecule has 115 valence electrons. The van der Waals surface area contributed by atoms with E-state index in [-0.39, 0.29) is 17.1 Å². The van der Waals surface area contributed by atoms with Crippen molar-refractivity contribution in [3.63, 3.8) is 0 Å². The number of ether oxygens (including phenoxy) is 3. The SMILES string of the molecule is CCOC(=S)S.CCOC(=S)SSC(=S)OCC.[Cu+2]. The van der Waals surface area contributed by atoms with Gasteiger partial charge >= 0.3 is 17.1 Å². The summed E-state index contributed by atoms with van der Waals surface area (Å²) in [6.45, 7) is 7.43. The van der Waals surface area contributed by atoms with Crippen LogP contribution in [-0.4, -0.2) is 33.0 Å². The molecule has 0 bridgehead atoms. The Kier molecular flexibility index (Phi) is 25.5. The molecule has 0 aliphatic carbocycles. The van der Waals surface area contributed by atoms with Crippen LogP contribution in [0.4, 0.5) is 0 Å². The van der Waals surface area contributed by atoms with Gasteiger partial charge in [-0.25, -0.2) is 0 Å². The van der Waals surface area contributed by atoms with E-state index in [1.54, 1.807) is 0 Å². The number of rotatable bonds is 3.